The molecule has 2 aromatic rings. The van der Waals surface area contributed by atoms with E-state index < -0.39 is 10.0 Å². The SMILES string of the molecule is O=S(=O)(Nc1cccc(I)c1)c1csc(CNC2CC2)c1. The first-order valence-electron chi connectivity index (χ1n) is 6.62. The number of rotatable bonds is 6. The van der Waals surface area contributed by atoms with Gasteiger partial charge in [-0.3, -0.25) is 4.72 Å². The summed E-state index contributed by atoms with van der Waals surface area (Å²) in [6.07, 6.45) is 2.45. The fourth-order valence-electron chi connectivity index (χ4n) is 1.89. The number of hydrogen-bond donors (Lipinski definition) is 2. The maximum absolute atomic E-state index is 12.3. The lowest BCUT2D eigenvalue weighted by Crippen LogP contribution is -2.14. The molecule has 1 aliphatic rings. The lowest BCUT2D eigenvalue weighted by Gasteiger charge is -2.06. The minimum atomic E-state index is -3.50. The molecule has 0 bridgehead atoms. The monoisotopic (exact) mass is 434 g/mol. The second-order valence-electron chi connectivity index (χ2n) is 5.02. The fourth-order valence-corrected chi connectivity index (χ4v) is 4.71. The van der Waals surface area contributed by atoms with E-state index in [1.54, 1.807) is 23.6 Å². The maximum Gasteiger partial charge on any atom is 0.262 e. The molecule has 112 valence electrons. The summed E-state index contributed by atoms with van der Waals surface area (Å²) in [5.74, 6) is 0. The molecule has 21 heavy (non-hydrogen) atoms. The third-order valence-electron chi connectivity index (χ3n) is 3.16. The van der Waals surface area contributed by atoms with Gasteiger partial charge in [-0.2, -0.15) is 0 Å². The van der Waals surface area contributed by atoms with Crippen molar-refractivity contribution in [1.29, 1.82) is 0 Å². The molecular formula is C14H15IN2O2S2. The van der Waals surface area contributed by atoms with E-state index >= 15 is 0 Å². The van der Waals surface area contributed by atoms with Crippen molar-refractivity contribution >= 4 is 49.6 Å². The van der Waals surface area contributed by atoms with Crippen LogP contribution in [-0.4, -0.2) is 14.5 Å². The van der Waals surface area contributed by atoms with E-state index in [0.717, 1.165) is 15.0 Å². The number of nitrogens with one attached hydrogen (secondary N) is 2. The lowest BCUT2D eigenvalue weighted by molar-refractivity contribution is 0.601. The van der Waals surface area contributed by atoms with E-state index in [-0.39, 0.29) is 0 Å². The average molecular weight is 434 g/mol. The molecule has 1 aliphatic carbocycles. The predicted molar refractivity (Wildman–Crippen MR) is 94.1 cm³/mol. The van der Waals surface area contributed by atoms with Crippen LogP contribution in [0, 0.1) is 3.57 Å². The van der Waals surface area contributed by atoms with E-state index in [2.05, 4.69) is 32.6 Å². The Morgan fingerprint density at radius 2 is 2.10 bits per heavy atom. The number of halogens is 1. The molecule has 1 aromatic heterocycles. The molecule has 2 N–H and O–H groups in total. The van der Waals surface area contributed by atoms with Crippen LogP contribution in [0.2, 0.25) is 0 Å². The molecule has 0 radical (unpaired) electrons. The smallest absolute Gasteiger partial charge is 0.262 e. The molecule has 7 heteroatoms. The molecule has 1 saturated carbocycles. The summed E-state index contributed by atoms with van der Waals surface area (Å²) in [4.78, 5) is 1.38. The summed E-state index contributed by atoms with van der Waals surface area (Å²) >= 11 is 3.63. The van der Waals surface area contributed by atoms with Gasteiger partial charge in [-0.1, -0.05) is 6.07 Å². The fraction of sp³-hybridized carbons (Fsp3) is 0.286. The maximum atomic E-state index is 12.3. The first-order chi connectivity index (χ1) is 10.0. The molecule has 0 saturated heterocycles. The first-order valence-corrected chi connectivity index (χ1v) is 10.1. The minimum absolute atomic E-state index is 0.332. The Bertz CT molecular complexity index is 739. The summed E-state index contributed by atoms with van der Waals surface area (Å²) in [6, 6.07) is 9.68. The van der Waals surface area contributed by atoms with Crippen molar-refractivity contribution in [3.05, 3.63) is 44.2 Å². The quantitative estimate of drug-likeness (QED) is 0.686. The highest BCUT2D eigenvalue weighted by atomic mass is 127. The van der Waals surface area contributed by atoms with E-state index in [1.165, 1.54) is 24.2 Å². The predicted octanol–water partition coefficient (Wildman–Crippen LogP) is 3.41. The van der Waals surface area contributed by atoms with Gasteiger partial charge in [0.2, 0.25) is 0 Å². The Kier molecular flexibility index (Phi) is 4.53. The van der Waals surface area contributed by atoms with Crippen molar-refractivity contribution in [2.24, 2.45) is 0 Å². The zero-order chi connectivity index (χ0) is 14.9. The molecule has 1 fully saturated rings. The normalized spacial score (nSPS) is 15.1. The highest BCUT2D eigenvalue weighted by molar-refractivity contribution is 14.1. The molecular weight excluding hydrogens is 419 g/mol. The first kappa shape index (κ1) is 15.3. The van der Waals surface area contributed by atoms with Crippen LogP contribution in [0.3, 0.4) is 0 Å². The Hall–Kier alpha value is -0.640. The Morgan fingerprint density at radius 1 is 1.29 bits per heavy atom. The van der Waals surface area contributed by atoms with Crippen molar-refractivity contribution < 1.29 is 8.42 Å². The van der Waals surface area contributed by atoms with Gasteiger partial charge in [-0.25, -0.2) is 8.42 Å². The van der Waals surface area contributed by atoms with Crippen LogP contribution in [0.25, 0.3) is 0 Å². The summed E-state index contributed by atoms with van der Waals surface area (Å²) in [7, 11) is -3.50. The van der Waals surface area contributed by atoms with Gasteiger partial charge in [0.05, 0.1) is 4.90 Å². The molecule has 0 spiro atoms. The molecule has 0 amide bonds. The number of anilines is 1. The summed E-state index contributed by atoms with van der Waals surface area (Å²) in [5.41, 5.74) is 0.589. The summed E-state index contributed by atoms with van der Waals surface area (Å²) < 4.78 is 28.3. The molecule has 1 aromatic carbocycles. The third kappa shape index (κ3) is 4.18. The van der Waals surface area contributed by atoms with Crippen LogP contribution in [-0.2, 0) is 16.6 Å². The molecule has 0 aliphatic heterocycles. The Balaban J connectivity index is 1.71. The topological polar surface area (TPSA) is 58.2 Å². The van der Waals surface area contributed by atoms with Gasteiger partial charge in [0.1, 0.15) is 0 Å². The number of benzene rings is 1. The van der Waals surface area contributed by atoms with E-state index in [0.29, 0.717) is 16.6 Å². The highest BCUT2D eigenvalue weighted by Crippen LogP contribution is 2.24. The Labute approximate surface area is 142 Å². The minimum Gasteiger partial charge on any atom is -0.309 e. The summed E-state index contributed by atoms with van der Waals surface area (Å²) in [6.45, 7) is 0.744. The number of hydrogen-bond acceptors (Lipinski definition) is 4. The molecule has 1 heterocycles. The van der Waals surface area contributed by atoms with E-state index in [1.807, 2.05) is 12.1 Å². The molecule has 4 nitrogen and oxygen atoms in total. The van der Waals surface area contributed by atoms with Gasteiger partial charge in [0.15, 0.2) is 0 Å². The van der Waals surface area contributed by atoms with Gasteiger partial charge in [0.25, 0.3) is 10.0 Å². The lowest BCUT2D eigenvalue weighted by atomic mass is 10.3. The number of thiophene rings is 1. The van der Waals surface area contributed by atoms with Crippen LogP contribution >= 0.6 is 33.9 Å². The second-order valence-corrected chi connectivity index (χ2v) is 8.94. The molecule has 0 unspecified atom stereocenters. The average Bonchev–Trinajstić information content (AvgIpc) is 3.12. The van der Waals surface area contributed by atoms with Crippen LogP contribution in [0.5, 0.6) is 0 Å². The van der Waals surface area contributed by atoms with Crippen molar-refractivity contribution in [3.63, 3.8) is 0 Å². The van der Waals surface area contributed by atoms with E-state index in [9.17, 15) is 8.42 Å². The van der Waals surface area contributed by atoms with Crippen LogP contribution in [0.1, 0.15) is 17.7 Å². The number of sulfonamides is 1. The van der Waals surface area contributed by atoms with Gasteiger partial charge in [0, 0.05) is 32.1 Å². The zero-order valence-corrected chi connectivity index (χ0v) is 15.0. The standard InChI is InChI=1S/C14H15IN2O2S2/c15-10-2-1-3-12(6-10)17-21(18,19)14-7-13(20-9-14)8-16-11-4-5-11/h1-3,6-7,9,11,16-17H,4-5,8H2. The van der Waals surface area contributed by atoms with E-state index in [4.69, 9.17) is 0 Å². The third-order valence-corrected chi connectivity index (χ3v) is 6.28. The van der Waals surface area contributed by atoms with Crippen molar-refractivity contribution in [2.45, 2.75) is 30.3 Å². The van der Waals surface area contributed by atoms with Crippen LogP contribution in [0.15, 0.2) is 40.6 Å². The van der Waals surface area contributed by atoms with Gasteiger partial charge in [-0.05, 0) is 59.7 Å². The van der Waals surface area contributed by atoms with Crippen molar-refractivity contribution in [2.75, 3.05) is 4.72 Å². The van der Waals surface area contributed by atoms with Gasteiger partial charge in [-0.15, -0.1) is 11.3 Å². The zero-order valence-electron chi connectivity index (χ0n) is 11.2. The Morgan fingerprint density at radius 3 is 2.81 bits per heavy atom. The second kappa shape index (κ2) is 6.23. The van der Waals surface area contributed by atoms with Crippen LogP contribution < -0.4 is 10.0 Å². The summed E-state index contributed by atoms with van der Waals surface area (Å²) in [5, 5.41) is 5.08. The van der Waals surface area contributed by atoms with Gasteiger partial charge < -0.3 is 5.32 Å². The molecule has 3 rings (SSSR count). The largest absolute Gasteiger partial charge is 0.309 e. The molecule has 0 atom stereocenters. The van der Waals surface area contributed by atoms with Gasteiger partial charge >= 0.3 is 0 Å². The van der Waals surface area contributed by atoms with Crippen LogP contribution in [0.4, 0.5) is 5.69 Å². The highest BCUT2D eigenvalue weighted by Gasteiger charge is 2.21. The van der Waals surface area contributed by atoms with Crippen molar-refractivity contribution in [3.8, 4) is 0 Å². The van der Waals surface area contributed by atoms with Crippen molar-refractivity contribution in [1.82, 2.24) is 5.32 Å².